The van der Waals surface area contributed by atoms with E-state index in [-0.39, 0.29) is 5.75 Å². The van der Waals surface area contributed by atoms with E-state index in [1.54, 1.807) is 29.9 Å². The van der Waals surface area contributed by atoms with Crippen molar-refractivity contribution in [3.63, 3.8) is 0 Å². The van der Waals surface area contributed by atoms with Crippen LogP contribution in [0, 0.1) is 5.41 Å². The Morgan fingerprint density at radius 2 is 2.33 bits per heavy atom. The van der Waals surface area contributed by atoms with Gasteiger partial charge in [0, 0.05) is 17.8 Å². The summed E-state index contributed by atoms with van der Waals surface area (Å²) < 4.78 is 0. The molecule has 3 N–H and O–H groups in total. The summed E-state index contributed by atoms with van der Waals surface area (Å²) in [5.74, 6) is 0.174. The molecular weight excluding hydrogens is 210 g/mol. The molecule has 5 heteroatoms. The van der Waals surface area contributed by atoms with Crippen molar-refractivity contribution in [3.8, 4) is 5.75 Å². The number of hydrogen-bond acceptors (Lipinski definition) is 5. The summed E-state index contributed by atoms with van der Waals surface area (Å²) in [7, 11) is 0. The summed E-state index contributed by atoms with van der Waals surface area (Å²) in [5, 5.41) is 20.5. The maximum Gasteiger partial charge on any atom is 0.117 e. The molecule has 2 aromatic rings. The van der Waals surface area contributed by atoms with E-state index in [9.17, 15) is 5.11 Å². The highest BCUT2D eigenvalue weighted by Crippen LogP contribution is 2.25. The van der Waals surface area contributed by atoms with Crippen molar-refractivity contribution < 1.29 is 5.11 Å². The highest BCUT2D eigenvalue weighted by atomic mass is 32.1. The van der Waals surface area contributed by atoms with Crippen LogP contribution in [0.15, 0.2) is 29.9 Å². The van der Waals surface area contributed by atoms with E-state index in [4.69, 9.17) is 5.41 Å². The zero-order chi connectivity index (χ0) is 10.7. The van der Waals surface area contributed by atoms with Crippen LogP contribution < -0.4 is 5.32 Å². The summed E-state index contributed by atoms with van der Waals surface area (Å²) in [4.78, 5) is 3.93. The summed E-state index contributed by atoms with van der Waals surface area (Å²) in [6, 6.07) is 4.82. The number of aromatic hydroxyl groups is 1. The summed E-state index contributed by atoms with van der Waals surface area (Å²) in [5.41, 5.74) is 3.14. The monoisotopic (exact) mass is 219 g/mol. The second-order valence-corrected chi connectivity index (χ2v) is 3.79. The van der Waals surface area contributed by atoms with Gasteiger partial charge in [-0.25, -0.2) is 0 Å². The molecule has 1 aromatic heterocycles. The van der Waals surface area contributed by atoms with Gasteiger partial charge in [0.1, 0.15) is 10.8 Å². The first-order valence-corrected chi connectivity index (χ1v) is 5.16. The number of phenolic OH excluding ortho intramolecular Hbond substituents is 1. The standard InChI is InChI=1S/C10H9N3OS/c11-4-7-1-2-8(14)3-9(7)13-10-5-12-6-15-10/h1-6,11,13-14H. The molecule has 1 heterocycles. The molecule has 0 aliphatic heterocycles. The molecule has 0 bridgehead atoms. The third-order valence-corrected chi connectivity index (χ3v) is 2.57. The molecule has 1 aromatic carbocycles. The molecular formula is C10H9N3OS. The average Bonchev–Trinajstić information content (AvgIpc) is 2.71. The van der Waals surface area contributed by atoms with Gasteiger partial charge >= 0.3 is 0 Å². The highest BCUT2D eigenvalue weighted by molar-refractivity contribution is 7.13. The molecule has 15 heavy (non-hydrogen) atoms. The molecule has 0 amide bonds. The smallest absolute Gasteiger partial charge is 0.117 e. The van der Waals surface area contributed by atoms with Crippen molar-refractivity contribution in [2.75, 3.05) is 5.32 Å². The number of anilines is 2. The molecule has 2 rings (SSSR count). The topological polar surface area (TPSA) is 69.0 Å². The molecule has 0 aliphatic carbocycles. The SMILES string of the molecule is N=Cc1ccc(O)cc1Nc1cncs1. The van der Waals surface area contributed by atoms with Crippen LogP contribution in [0.4, 0.5) is 10.7 Å². The van der Waals surface area contributed by atoms with Gasteiger partial charge in [0.05, 0.1) is 17.4 Å². The van der Waals surface area contributed by atoms with Crippen LogP contribution in [0.2, 0.25) is 0 Å². The molecule has 0 aliphatic rings. The first-order valence-electron chi connectivity index (χ1n) is 4.28. The minimum atomic E-state index is 0.174. The van der Waals surface area contributed by atoms with Crippen LogP contribution in [-0.4, -0.2) is 16.3 Å². The fourth-order valence-electron chi connectivity index (χ4n) is 1.19. The predicted octanol–water partition coefficient (Wildman–Crippen LogP) is 2.59. The largest absolute Gasteiger partial charge is 0.508 e. The number of rotatable bonds is 3. The molecule has 0 spiro atoms. The molecule has 0 saturated carbocycles. The minimum absolute atomic E-state index is 0.174. The minimum Gasteiger partial charge on any atom is -0.508 e. The average molecular weight is 219 g/mol. The van der Waals surface area contributed by atoms with Gasteiger partial charge in [0.2, 0.25) is 0 Å². The number of nitrogens with one attached hydrogen (secondary N) is 2. The van der Waals surface area contributed by atoms with Crippen LogP contribution in [0.25, 0.3) is 0 Å². The maximum absolute atomic E-state index is 9.33. The third kappa shape index (κ3) is 2.13. The molecule has 0 fully saturated rings. The van der Waals surface area contributed by atoms with E-state index < -0.39 is 0 Å². The maximum atomic E-state index is 9.33. The fraction of sp³-hybridized carbons (Fsp3) is 0. The summed E-state index contributed by atoms with van der Waals surface area (Å²) >= 11 is 1.46. The first-order chi connectivity index (χ1) is 7.29. The third-order valence-electron chi connectivity index (χ3n) is 1.88. The Morgan fingerprint density at radius 1 is 1.47 bits per heavy atom. The Kier molecular flexibility index (Phi) is 2.64. The van der Waals surface area contributed by atoms with Gasteiger partial charge in [-0.05, 0) is 12.1 Å². The van der Waals surface area contributed by atoms with E-state index in [2.05, 4.69) is 10.3 Å². The lowest BCUT2D eigenvalue weighted by atomic mass is 10.2. The lowest BCUT2D eigenvalue weighted by molar-refractivity contribution is 0.475. The number of nitrogens with zero attached hydrogens (tertiary/aromatic N) is 1. The fourth-order valence-corrected chi connectivity index (χ4v) is 1.71. The number of benzene rings is 1. The molecule has 0 saturated heterocycles. The Morgan fingerprint density at radius 3 is 3.00 bits per heavy atom. The van der Waals surface area contributed by atoms with E-state index in [1.165, 1.54) is 17.6 Å². The van der Waals surface area contributed by atoms with Crippen molar-refractivity contribution in [1.82, 2.24) is 4.98 Å². The van der Waals surface area contributed by atoms with Gasteiger partial charge in [0.15, 0.2) is 0 Å². The normalized spacial score (nSPS) is 9.87. The molecule has 0 radical (unpaired) electrons. The molecule has 4 nitrogen and oxygen atoms in total. The molecule has 76 valence electrons. The number of aromatic nitrogens is 1. The lowest BCUT2D eigenvalue weighted by Crippen LogP contribution is -1.93. The van der Waals surface area contributed by atoms with Gasteiger partial charge < -0.3 is 15.8 Å². The number of hydrogen-bond donors (Lipinski definition) is 3. The second-order valence-electron chi connectivity index (χ2n) is 2.91. The van der Waals surface area contributed by atoms with Crippen LogP contribution >= 0.6 is 11.3 Å². The Labute approximate surface area is 90.7 Å². The van der Waals surface area contributed by atoms with Crippen molar-refractivity contribution >= 4 is 28.2 Å². The van der Waals surface area contributed by atoms with Crippen molar-refractivity contribution in [2.45, 2.75) is 0 Å². The van der Waals surface area contributed by atoms with E-state index in [0.717, 1.165) is 10.6 Å². The quantitative estimate of drug-likeness (QED) is 0.695. The lowest BCUT2D eigenvalue weighted by Gasteiger charge is -2.06. The van der Waals surface area contributed by atoms with Gasteiger partial charge in [0.25, 0.3) is 0 Å². The number of thiazole rings is 1. The second kappa shape index (κ2) is 4.10. The Bertz CT molecular complexity index is 468. The van der Waals surface area contributed by atoms with E-state index in [0.29, 0.717) is 5.69 Å². The van der Waals surface area contributed by atoms with Gasteiger partial charge in [-0.15, -0.1) is 11.3 Å². The van der Waals surface area contributed by atoms with Crippen molar-refractivity contribution in [3.05, 3.63) is 35.5 Å². The van der Waals surface area contributed by atoms with Crippen LogP contribution in [0.3, 0.4) is 0 Å². The summed E-state index contributed by atoms with van der Waals surface area (Å²) in [6.45, 7) is 0. The van der Waals surface area contributed by atoms with Crippen molar-refractivity contribution in [2.24, 2.45) is 0 Å². The molecule has 0 atom stereocenters. The zero-order valence-corrected chi connectivity index (χ0v) is 8.58. The van der Waals surface area contributed by atoms with Gasteiger partial charge in [-0.2, -0.15) is 0 Å². The van der Waals surface area contributed by atoms with Crippen LogP contribution in [0.5, 0.6) is 5.75 Å². The first kappa shape index (κ1) is 9.67. The Balaban J connectivity index is 2.34. The van der Waals surface area contributed by atoms with E-state index in [1.807, 2.05) is 0 Å². The zero-order valence-electron chi connectivity index (χ0n) is 7.77. The highest BCUT2D eigenvalue weighted by Gasteiger charge is 2.02. The van der Waals surface area contributed by atoms with Crippen LogP contribution in [0.1, 0.15) is 5.56 Å². The van der Waals surface area contributed by atoms with Crippen LogP contribution in [-0.2, 0) is 0 Å². The summed E-state index contributed by atoms with van der Waals surface area (Å²) in [6.07, 6.45) is 2.94. The van der Waals surface area contributed by atoms with Crippen molar-refractivity contribution in [1.29, 1.82) is 5.41 Å². The predicted molar refractivity (Wildman–Crippen MR) is 61.4 cm³/mol. The van der Waals surface area contributed by atoms with Gasteiger partial charge in [-0.1, -0.05) is 0 Å². The molecule has 0 unspecified atom stereocenters. The van der Waals surface area contributed by atoms with E-state index >= 15 is 0 Å². The Hall–Kier alpha value is -1.88. The van der Waals surface area contributed by atoms with Gasteiger partial charge in [-0.3, -0.25) is 4.98 Å². The number of phenols is 1.